The van der Waals surface area contributed by atoms with Crippen LogP contribution in [0.2, 0.25) is 0 Å². The smallest absolute Gasteiger partial charge is 0.311 e. The van der Waals surface area contributed by atoms with Crippen molar-refractivity contribution in [1.29, 1.82) is 0 Å². The Hall–Kier alpha value is -0.570. The molecule has 3 rings (SSSR count). The number of rotatable bonds is 2. The Morgan fingerprint density at radius 2 is 1.71 bits per heavy atom. The lowest BCUT2D eigenvalue weighted by Gasteiger charge is -2.51. The molecule has 14 heavy (non-hydrogen) atoms. The van der Waals surface area contributed by atoms with Gasteiger partial charge in [-0.2, -0.15) is 0 Å². The van der Waals surface area contributed by atoms with Crippen LogP contribution < -0.4 is 0 Å². The Labute approximate surface area is 84.4 Å². The molecule has 0 spiro atoms. The monoisotopic (exact) mass is 198 g/mol. The normalized spacial score (nSPS) is 41.0. The molecule has 0 radical (unpaired) electrons. The molecule has 0 atom stereocenters. The first-order valence-corrected chi connectivity index (χ1v) is 5.36. The van der Waals surface area contributed by atoms with Crippen LogP contribution in [0.5, 0.6) is 0 Å². The SMILES string of the molecule is COC(=O)C12CCC(CO)(CC1)CC2. The van der Waals surface area contributed by atoms with Crippen LogP contribution in [0.4, 0.5) is 0 Å². The first kappa shape index (κ1) is 9.97. The Balaban J connectivity index is 2.12. The van der Waals surface area contributed by atoms with E-state index in [1.165, 1.54) is 7.11 Å². The molecule has 3 aliphatic carbocycles. The lowest BCUT2D eigenvalue weighted by molar-refractivity contribution is -0.164. The molecule has 0 aromatic rings. The van der Waals surface area contributed by atoms with Crippen molar-refractivity contribution in [2.75, 3.05) is 13.7 Å². The average molecular weight is 198 g/mol. The molecule has 0 aromatic carbocycles. The van der Waals surface area contributed by atoms with Crippen LogP contribution in [-0.2, 0) is 9.53 Å². The third-order valence-electron chi connectivity index (χ3n) is 4.36. The van der Waals surface area contributed by atoms with Gasteiger partial charge in [0.05, 0.1) is 12.5 Å². The van der Waals surface area contributed by atoms with Gasteiger partial charge in [-0.1, -0.05) is 0 Å². The number of methoxy groups -OCH3 is 1. The summed E-state index contributed by atoms with van der Waals surface area (Å²) in [4.78, 5) is 11.7. The fourth-order valence-corrected chi connectivity index (χ4v) is 3.02. The molecule has 3 aliphatic rings. The highest BCUT2D eigenvalue weighted by Gasteiger charge is 2.52. The van der Waals surface area contributed by atoms with Crippen molar-refractivity contribution >= 4 is 5.97 Å². The maximum absolute atomic E-state index is 11.7. The number of carbonyl (C=O) groups excluding carboxylic acids is 1. The number of esters is 1. The summed E-state index contributed by atoms with van der Waals surface area (Å²) in [6.45, 7) is 0.282. The third kappa shape index (κ3) is 1.26. The number of hydrogen-bond donors (Lipinski definition) is 1. The predicted octanol–water partition coefficient (Wildman–Crippen LogP) is 1.49. The molecule has 0 saturated heterocycles. The summed E-state index contributed by atoms with van der Waals surface area (Å²) in [7, 11) is 1.47. The van der Waals surface area contributed by atoms with Gasteiger partial charge in [-0.3, -0.25) is 4.79 Å². The van der Waals surface area contributed by atoms with E-state index in [4.69, 9.17) is 4.74 Å². The quantitative estimate of drug-likeness (QED) is 0.684. The Bertz CT molecular complexity index is 222. The Morgan fingerprint density at radius 3 is 2.07 bits per heavy atom. The second-order valence-corrected chi connectivity index (χ2v) is 4.93. The number of carbonyl (C=O) groups is 1. The first-order chi connectivity index (χ1) is 6.66. The minimum atomic E-state index is -0.203. The molecule has 0 aromatic heterocycles. The molecule has 3 saturated carbocycles. The molecule has 0 unspecified atom stereocenters. The molecule has 0 aliphatic heterocycles. The van der Waals surface area contributed by atoms with Crippen LogP contribution in [0.1, 0.15) is 38.5 Å². The topological polar surface area (TPSA) is 46.5 Å². The summed E-state index contributed by atoms with van der Waals surface area (Å²) in [6.07, 6.45) is 5.66. The molecular formula is C11H18O3. The highest BCUT2D eigenvalue weighted by Crippen LogP contribution is 2.56. The van der Waals surface area contributed by atoms with Crippen molar-refractivity contribution in [3.05, 3.63) is 0 Å². The zero-order chi connectivity index (χ0) is 10.2. The largest absolute Gasteiger partial charge is 0.469 e. The van der Waals surface area contributed by atoms with Crippen molar-refractivity contribution in [1.82, 2.24) is 0 Å². The third-order valence-corrected chi connectivity index (χ3v) is 4.36. The number of fused-ring (bicyclic) bond motifs is 3. The maximum Gasteiger partial charge on any atom is 0.311 e. The van der Waals surface area contributed by atoms with Gasteiger partial charge in [0, 0.05) is 6.61 Å². The van der Waals surface area contributed by atoms with E-state index in [2.05, 4.69) is 0 Å². The van der Waals surface area contributed by atoms with Crippen LogP contribution in [0.3, 0.4) is 0 Å². The minimum Gasteiger partial charge on any atom is -0.469 e. The van der Waals surface area contributed by atoms with Crippen LogP contribution in [-0.4, -0.2) is 24.8 Å². The van der Waals surface area contributed by atoms with Gasteiger partial charge in [-0.25, -0.2) is 0 Å². The summed E-state index contributed by atoms with van der Waals surface area (Å²) < 4.78 is 4.87. The van der Waals surface area contributed by atoms with E-state index < -0.39 is 0 Å². The zero-order valence-electron chi connectivity index (χ0n) is 8.71. The van der Waals surface area contributed by atoms with Gasteiger partial charge >= 0.3 is 5.97 Å². The molecule has 3 heteroatoms. The van der Waals surface area contributed by atoms with E-state index in [-0.39, 0.29) is 23.4 Å². The Morgan fingerprint density at radius 1 is 1.21 bits per heavy atom. The highest BCUT2D eigenvalue weighted by atomic mass is 16.5. The van der Waals surface area contributed by atoms with Gasteiger partial charge < -0.3 is 9.84 Å². The van der Waals surface area contributed by atoms with Crippen molar-refractivity contribution in [2.45, 2.75) is 38.5 Å². The number of aliphatic hydroxyl groups excluding tert-OH is 1. The van der Waals surface area contributed by atoms with Crippen molar-refractivity contribution in [2.24, 2.45) is 10.8 Å². The number of hydrogen-bond acceptors (Lipinski definition) is 3. The fourth-order valence-electron chi connectivity index (χ4n) is 3.02. The molecule has 3 nitrogen and oxygen atoms in total. The predicted molar refractivity (Wildman–Crippen MR) is 51.7 cm³/mol. The van der Waals surface area contributed by atoms with Crippen LogP contribution in [0, 0.1) is 10.8 Å². The molecule has 2 bridgehead atoms. The molecule has 1 N–H and O–H groups in total. The second-order valence-electron chi connectivity index (χ2n) is 4.93. The van der Waals surface area contributed by atoms with Gasteiger partial charge in [0.25, 0.3) is 0 Å². The van der Waals surface area contributed by atoms with Crippen LogP contribution >= 0.6 is 0 Å². The summed E-state index contributed by atoms with van der Waals surface area (Å²) in [6, 6.07) is 0. The van der Waals surface area contributed by atoms with E-state index in [9.17, 15) is 9.90 Å². The lowest BCUT2D eigenvalue weighted by atomic mass is 9.54. The van der Waals surface area contributed by atoms with Crippen LogP contribution in [0.15, 0.2) is 0 Å². The highest BCUT2D eigenvalue weighted by molar-refractivity contribution is 5.77. The second kappa shape index (κ2) is 3.23. The molecule has 80 valence electrons. The molecular weight excluding hydrogens is 180 g/mol. The van der Waals surface area contributed by atoms with Gasteiger partial charge in [0.1, 0.15) is 0 Å². The number of ether oxygens (including phenoxy) is 1. The van der Waals surface area contributed by atoms with Crippen molar-refractivity contribution < 1.29 is 14.6 Å². The summed E-state index contributed by atoms with van der Waals surface area (Å²) in [5.74, 6) is -0.0382. The van der Waals surface area contributed by atoms with Crippen LogP contribution in [0.25, 0.3) is 0 Å². The summed E-state index contributed by atoms with van der Waals surface area (Å²) >= 11 is 0. The Kier molecular flexibility index (Phi) is 2.30. The molecule has 3 fully saturated rings. The standard InChI is InChI=1S/C11H18O3/c1-14-9(13)11-5-2-10(8-12,3-6-11)4-7-11/h12H,2-8H2,1H3. The maximum atomic E-state index is 11.7. The van der Waals surface area contributed by atoms with Gasteiger partial charge in [-0.05, 0) is 43.9 Å². The van der Waals surface area contributed by atoms with Gasteiger partial charge in [0.15, 0.2) is 0 Å². The van der Waals surface area contributed by atoms with Crippen molar-refractivity contribution in [3.8, 4) is 0 Å². The number of aliphatic hydroxyl groups is 1. The average Bonchev–Trinajstić information content (AvgIpc) is 2.30. The van der Waals surface area contributed by atoms with E-state index in [1.807, 2.05) is 0 Å². The van der Waals surface area contributed by atoms with Crippen molar-refractivity contribution in [3.63, 3.8) is 0 Å². The van der Waals surface area contributed by atoms with E-state index in [0.29, 0.717) is 0 Å². The molecule has 0 heterocycles. The molecule has 0 amide bonds. The zero-order valence-corrected chi connectivity index (χ0v) is 8.71. The summed E-state index contributed by atoms with van der Waals surface area (Å²) in [5.41, 5.74) is -0.0680. The van der Waals surface area contributed by atoms with E-state index in [1.54, 1.807) is 0 Å². The lowest BCUT2D eigenvalue weighted by Crippen LogP contribution is -2.47. The minimum absolute atomic E-state index is 0.0382. The summed E-state index contributed by atoms with van der Waals surface area (Å²) in [5, 5.41) is 9.33. The van der Waals surface area contributed by atoms with E-state index in [0.717, 1.165) is 38.5 Å². The fraction of sp³-hybridized carbons (Fsp3) is 0.909. The van der Waals surface area contributed by atoms with E-state index >= 15 is 0 Å². The van der Waals surface area contributed by atoms with Gasteiger partial charge in [-0.15, -0.1) is 0 Å². The van der Waals surface area contributed by atoms with Gasteiger partial charge in [0.2, 0.25) is 0 Å². The first-order valence-electron chi connectivity index (χ1n) is 5.36.